The van der Waals surface area contributed by atoms with Crippen molar-refractivity contribution >= 4 is 17.5 Å². The van der Waals surface area contributed by atoms with Crippen LogP contribution in [0.1, 0.15) is 30.5 Å². The first-order valence-electron chi connectivity index (χ1n) is 8.41. The third-order valence-electron chi connectivity index (χ3n) is 4.80. The highest BCUT2D eigenvalue weighted by atomic mass is 19.4. The average molecular weight is 390 g/mol. The fourth-order valence-corrected chi connectivity index (χ4v) is 3.24. The Hall–Kier alpha value is -2.46. The SMILES string of the molecule is CNc1nc(Nc2cn[nH]c2C)ncc1C(F)(F)F.FC1(F)C2CCC[C@H]21. The van der Waals surface area contributed by atoms with E-state index < -0.39 is 17.7 Å². The molecule has 2 saturated carbocycles. The van der Waals surface area contributed by atoms with Crippen molar-refractivity contribution in [2.24, 2.45) is 11.8 Å². The van der Waals surface area contributed by atoms with Crippen molar-refractivity contribution < 1.29 is 22.0 Å². The molecule has 4 rings (SSSR count). The highest BCUT2D eigenvalue weighted by Crippen LogP contribution is 2.63. The minimum atomic E-state index is -4.50. The van der Waals surface area contributed by atoms with Gasteiger partial charge in [0.25, 0.3) is 5.92 Å². The van der Waals surface area contributed by atoms with Gasteiger partial charge in [0, 0.05) is 25.1 Å². The topological polar surface area (TPSA) is 78.5 Å². The summed E-state index contributed by atoms with van der Waals surface area (Å²) < 4.78 is 62.4. The Morgan fingerprint density at radius 2 is 1.85 bits per heavy atom. The fourth-order valence-electron chi connectivity index (χ4n) is 3.24. The van der Waals surface area contributed by atoms with Gasteiger partial charge >= 0.3 is 6.18 Å². The molecule has 2 atom stereocenters. The second kappa shape index (κ2) is 6.93. The monoisotopic (exact) mass is 390 g/mol. The summed E-state index contributed by atoms with van der Waals surface area (Å²) in [4.78, 5) is 7.42. The lowest BCUT2D eigenvalue weighted by molar-refractivity contribution is -0.137. The van der Waals surface area contributed by atoms with Crippen LogP contribution < -0.4 is 10.6 Å². The summed E-state index contributed by atoms with van der Waals surface area (Å²) in [5.74, 6) is -2.88. The molecular formula is C16H19F5N6. The normalized spacial score (nSPS) is 22.5. The molecule has 0 aliphatic heterocycles. The lowest BCUT2D eigenvalue weighted by Gasteiger charge is -2.12. The van der Waals surface area contributed by atoms with Crippen LogP contribution in [0.4, 0.5) is 39.4 Å². The van der Waals surface area contributed by atoms with Gasteiger partial charge in [-0.05, 0) is 19.8 Å². The third kappa shape index (κ3) is 3.96. The Kier molecular flexibility index (Phi) is 4.96. The predicted molar refractivity (Wildman–Crippen MR) is 89.0 cm³/mol. The number of halogens is 5. The number of rotatable bonds is 3. The van der Waals surface area contributed by atoms with Crippen molar-refractivity contribution in [2.75, 3.05) is 17.7 Å². The van der Waals surface area contributed by atoms with Gasteiger partial charge in [-0.3, -0.25) is 5.10 Å². The molecule has 3 N–H and O–H groups in total. The molecule has 0 saturated heterocycles. The zero-order chi connectivity index (χ0) is 19.8. The van der Waals surface area contributed by atoms with E-state index in [1.165, 1.54) is 13.2 Å². The van der Waals surface area contributed by atoms with E-state index in [1.807, 2.05) is 0 Å². The van der Waals surface area contributed by atoms with Crippen LogP contribution in [0, 0.1) is 18.8 Å². The number of anilines is 3. The fraction of sp³-hybridized carbons (Fsp3) is 0.562. The first-order valence-corrected chi connectivity index (χ1v) is 8.41. The Bertz CT molecular complexity index is 791. The molecule has 2 aliphatic carbocycles. The Morgan fingerprint density at radius 3 is 2.30 bits per heavy atom. The summed E-state index contributed by atoms with van der Waals surface area (Å²) >= 11 is 0. The van der Waals surface area contributed by atoms with Gasteiger partial charge in [-0.15, -0.1) is 0 Å². The molecule has 6 nitrogen and oxygen atoms in total. The molecule has 2 aliphatic rings. The number of aromatic nitrogens is 4. The molecule has 1 unspecified atom stereocenters. The summed E-state index contributed by atoms with van der Waals surface area (Å²) in [6.07, 6.45) is 0.314. The lowest BCUT2D eigenvalue weighted by Crippen LogP contribution is -2.12. The summed E-state index contributed by atoms with van der Waals surface area (Å²) in [6, 6.07) is 0. The Balaban J connectivity index is 0.000000216. The number of H-pyrrole nitrogens is 1. The molecule has 0 bridgehead atoms. The number of alkyl halides is 5. The van der Waals surface area contributed by atoms with Crippen LogP contribution in [-0.2, 0) is 6.18 Å². The molecule has 2 fully saturated rings. The van der Waals surface area contributed by atoms with E-state index in [0.717, 1.165) is 31.2 Å². The summed E-state index contributed by atoms with van der Waals surface area (Å²) in [5.41, 5.74) is 0.417. The van der Waals surface area contributed by atoms with Crippen LogP contribution >= 0.6 is 0 Å². The Morgan fingerprint density at radius 1 is 1.19 bits per heavy atom. The third-order valence-corrected chi connectivity index (χ3v) is 4.80. The molecule has 2 aromatic heterocycles. The smallest absolute Gasteiger partial charge is 0.372 e. The van der Waals surface area contributed by atoms with Gasteiger partial charge < -0.3 is 10.6 Å². The minimum Gasteiger partial charge on any atom is -0.372 e. The van der Waals surface area contributed by atoms with Crippen LogP contribution in [0.15, 0.2) is 12.4 Å². The number of fused-ring (bicyclic) bond motifs is 1. The number of hydrogen-bond acceptors (Lipinski definition) is 5. The first-order chi connectivity index (χ1) is 12.6. The van der Waals surface area contributed by atoms with Crippen LogP contribution in [0.5, 0.6) is 0 Å². The maximum atomic E-state index is 12.7. The molecule has 0 aromatic carbocycles. The second-order valence-corrected chi connectivity index (χ2v) is 6.56. The minimum absolute atomic E-state index is 0.0573. The zero-order valence-electron chi connectivity index (χ0n) is 14.7. The van der Waals surface area contributed by atoms with Crippen molar-refractivity contribution in [3.63, 3.8) is 0 Å². The van der Waals surface area contributed by atoms with Crippen LogP contribution in [0.2, 0.25) is 0 Å². The van der Waals surface area contributed by atoms with E-state index in [9.17, 15) is 22.0 Å². The van der Waals surface area contributed by atoms with Gasteiger partial charge in [-0.1, -0.05) is 6.42 Å². The van der Waals surface area contributed by atoms with Crippen molar-refractivity contribution in [2.45, 2.75) is 38.3 Å². The number of nitrogens with zero attached hydrogens (tertiary/aromatic N) is 3. The lowest BCUT2D eigenvalue weighted by atomic mass is 10.2. The molecule has 148 valence electrons. The van der Waals surface area contributed by atoms with E-state index in [-0.39, 0.29) is 23.6 Å². The van der Waals surface area contributed by atoms with Crippen LogP contribution in [0.3, 0.4) is 0 Å². The molecule has 11 heteroatoms. The highest BCUT2D eigenvalue weighted by Gasteiger charge is 2.69. The van der Waals surface area contributed by atoms with E-state index in [4.69, 9.17) is 0 Å². The van der Waals surface area contributed by atoms with Gasteiger partial charge in [0.2, 0.25) is 5.95 Å². The molecule has 0 radical (unpaired) electrons. The molecule has 0 spiro atoms. The standard InChI is InChI=1S/C10H11F3N6.C6H8F2/c1-5-7(4-16-19-5)17-9-15-3-6(10(11,12)13)8(14-2)18-9;7-6(8)4-2-1-3-5(4)6/h3-4H,1-2H3,(H,16,19)(H2,14,15,17,18);4-5H,1-3H2/t;4-,5?/m.1/s1. The van der Waals surface area contributed by atoms with Crippen molar-refractivity contribution in [3.8, 4) is 0 Å². The predicted octanol–water partition coefficient (Wildman–Crippen LogP) is 4.36. The van der Waals surface area contributed by atoms with Crippen molar-refractivity contribution in [1.82, 2.24) is 20.2 Å². The molecule has 0 amide bonds. The second-order valence-electron chi connectivity index (χ2n) is 6.56. The van der Waals surface area contributed by atoms with Gasteiger partial charge in [0.1, 0.15) is 11.4 Å². The average Bonchev–Trinajstić information content (AvgIpc) is 3.03. The van der Waals surface area contributed by atoms with Gasteiger partial charge in [-0.2, -0.15) is 23.3 Å². The number of aryl methyl sites for hydroxylation is 1. The van der Waals surface area contributed by atoms with E-state index >= 15 is 0 Å². The Labute approximate surface area is 152 Å². The zero-order valence-corrected chi connectivity index (χ0v) is 14.7. The van der Waals surface area contributed by atoms with Crippen molar-refractivity contribution in [3.05, 3.63) is 23.7 Å². The quantitative estimate of drug-likeness (QED) is 0.679. The van der Waals surface area contributed by atoms with Crippen LogP contribution in [0.25, 0.3) is 0 Å². The molecule has 27 heavy (non-hydrogen) atoms. The molecule has 2 aromatic rings. The largest absolute Gasteiger partial charge is 0.421 e. The van der Waals surface area contributed by atoms with Gasteiger partial charge in [0.15, 0.2) is 0 Å². The summed E-state index contributed by atoms with van der Waals surface area (Å²) in [7, 11) is 1.37. The van der Waals surface area contributed by atoms with Crippen LogP contribution in [-0.4, -0.2) is 33.1 Å². The van der Waals surface area contributed by atoms with Gasteiger partial charge in [0.05, 0.1) is 17.6 Å². The van der Waals surface area contributed by atoms with E-state index in [0.29, 0.717) is 5.69 Å². The van der Waals surface area contributed by atoms with E-state index in [2.05, 4.69) is 30.8 Å². The van der Waals surface area contributed by atoms with E-state index in [1.54, 1.807) is 6.92 Å². The summed E-state index contributed by atoms with van der Waals surface area (Å²) in [5, 5.41) is 11.7. The summed E-state index contributed by atoms with van der Waals surface area (Å²) in [6.45, 7) is 1.76. The number of hydrogen-bond donors (Lipinski definition) is 3. The van der Waals surface area contributed by atoms with Crippen molar-refractivity contribution in [1.29, 1.82) is 0 Å². The maximum absolute atomic E-state index is 12.7. The number of aromatic amines is 1. The molecular weight excluding hydrogens is 371 g/mol. The maximum Gasteiger partial charge on any atom is 0.421 e. The number of nitrogens with one attached hydrogen (secondary N) is 3. The van der Waals surface area contributed by atoms with Gasteiger partial charge in [-0.25, -0.2) is 13.8 Å². The highest BCUT2D eigenvalue weighted by molar-refractivity contribution is 5.57. The molecule has 2 heterocycles. The first kappa shape index (κ1) is 19.3.